The quantitative estimate of drug-likeness (QED) is 0.539. The van der Waals surface area contributed by atoms with E-state index in [9.17, 15) is 0 Å². The third-order valence-electron chi connectivity index (χ3n) is 2.15. The number of halogens is 2. The molecule has 0 saturated carbocycles. The first kappa shape index (κ1) is 16.0. The Morgan fingerprint density at radius 2 is 1.71 bits per heavy atom. The first-order valence-corrected chi connectivity index (χ1v) is 4.05. The van der Waals surface area contributed by atoms with Gasteiger partial charge < -0.3 is 0 Å². The molecule has 2 aromatic carbocycles. The van der Waals surface area contributed by atoms with Gasteiger partial charge in [0.2, 0.25) is 0 Å². The van der Waals surface area contributed by atoms with Crippen LogP contribution < -0.4 is 0 Å². The van der Waals surface area contributed by atoms with Gasteiger partial charge in [0.25, 0.3) is 0 Å². The Morgan fingerprint density at radius 3 is 2.36 bits per heavy atom. The van der Waals surface area contributed by atoms with Gasteiger partial charge in [-0.1, -0.05) is 19.4 Å². The van der Waals surface area contributed by atoms with Gasteiger partial charge in [-0.3, -0.25) is 9.41 Å². The Kier molecular flexibility index (Phi) is 7.93. The van der Waals surface area contributed by atoms with E-state index in [-0.39, 0.29) is 35.3 Å². The smallest absolute Gasteiger partial charge is 0 e. The van der Waals surface area contributed by atoms with Crippen molar-refractivity contribution < 1.29 is 35.3 Å². The molecular weight excluding hydrogens is 349 g/mol. The fraction of sp³-hybridized carbons (Fsp3) is 0.182. The molecule has 14 heavy (non-hydrogen) atoms. The molecule has 0 nitrogen and oxygen atoms in total. The summed E-state index contributed by atoms with van der Waals surface area (Å²) in [4.78, 5) is 0. The fourth-order valence-corrected chi connectivity index (χ4v) is 1.52. The minimum absolute atomic E-state index is 0. The fourth-order valence-electron chi connectivity index (χ4n) is 1.52. The van der Waals surface area contributed by atoms with Crippen molar-refractivity contribution in [1.82, 2.24) is 0 Å². The summed E-state index contributed by atoms with van der Waals surface area (Å²) in [6, 6.07) is 12.9. The Bertz CT molecular complexity index is 368. The molecule has 3 heteroatoms. The molecule has 0 atom stereocenters. The van der Waals surface area contributed by atoms with Gasteiger partial charge in [0.05, 0.1) is 0 Å². The largest absolute Gasteiger partial charge is 0.269 e. The van der Waals surface area contributed by atoms with E-state index in [1.807, 2.05) is 0 Å². The summed E-state index contributed by atoms with van der Waals surface area (Å²) in [6.07, 6.45) is 1.13. The van der Waals surface area contributed by atoms with Crippen LogP contribution in [-0.2, 0) is 32.3 Å². The number of hydrogen-bond donors (Lipinski definition) is 0. The molecule has 2 rings (SSSR count). The molecule has 0 aromatic heterocycles. The summed E-state index contributed by atoms with van der Waals surface area (Å²) in [7, 11) is 0. The molecule has 0 aliphatic rings. The summed E-state index contributed by atoms with van der Waals surface area (Å²) in [5, 5.41) is 2.78. The van der Waals surface area contributed by atoms with Crippen LogP contribution in [0.2, 0.25) is 0 Å². The summed E-state index contributed by atoms with van der Waals surface area (Å²) < 4.78 is 0. The van der Waals surface area contributed by atoms with Crippen LogP contribution in [0.1, 0.15) is 12.5 Å². The van der Waals surface area contributed by atoms with E-state index in [4.69, 9.17) is 0 Å². The van der Waals surface area contributed by atoms with E-state index in [2.05, 4.69) is 43.3 Å². The molecule has 76 valence electrons. The average molecular weight is 362 g/mol. The summed E-state index contributed by atoms with van der Waals surface area (Å²) >= 11 is 0. The van der Waals surface area contributed by atoms with Crippen molar-refractivity contribution in [3.8, 4) is 0 Å². The molecular formula is C11H13F2Hf-. The molecule has 0 heterocycles. The summed E-state index contributed by atoms with van der Waals surface area (Å²) in [5.74, 6) is 0. The zero-order valence-corrected chi connectivity index (χ0v) is 11.6. The van der Waals surface area contributed by atoms with Crippen molar-refractivity contribution in [2.24, 2.45) is 0 Å². The minimum Gasteiger partial charge on any atom is -0.269 e. The molecule has 0 bridgehead atoms. The van der Waals surface area contributed by atoms with Gasteiger partial charge in [-0.25, -0.2) is 0 Å². The van der Waals surface area contributed by atoms with Crippen molar-refractivity contribution in [3.63, 3.8) is 0 Å². The van der Waals surface area contributed by atoms with Gasteiger partial charge in [-0.15, -0.1) is 40.6 Å². The van der Waals surface area contributed by atoms with Gasteiger partial charge in [-0.05, 0) is 0 Å². The SMILES string of the molecule is CC[c-]1ccc2ccccc21.F.F.[Hf]. The van der Waals surface area contributed by atoms with E-state index in [1.54, 1.807) is 0 Å². The van der Waals surface area contributed by atoms with Crippen molar-refractivity contribution in [2.75, 3.05) is 0 Å². The number of rotatable bonds is 1. The van der Waals surface area contributed by atoms with Crippen LogP contribution in [-0.4, -0.2) is 0 Å². The molecule has 0 aliphatic carbocycles. The van der Waals surface area contributed by atoms with Crippen LogP contribution in [0.5, 0.6) is 0 Å². The van der Waals surface area contributed by atoms with E-state index >= 15 is 0 Å². The Labute approximate surface area is 101 Å². The van der Waals surface area contributed by atoms with Gasteiger partial charge in [0.1, 0.15) is 0 Å². The zero-order valence-electron chi connectivity index (χ0n) is 7.99. The third-order valence-corrected chi connectivity index (χ3v) is 2.15. The number of hydrogen-bond acceptors (Lipinski definition) is 0. The van der Waals surface area contributed by atoms with Gasteiger partial charge in [-0.2, -0.15) is 6.07 Å². The summed E-state index contributed by atoms with van der Waals surface area (Å²) in [5.41, 5.74) is 1.46. The van der Waals surface area contributed by atoms with Crippen LogP contribution in [0, 0.1) is 0 Å². The van der Waals surface area contributed by atoms with Crippen molar-refractivity contribution >= 4 is 10.8 Å². The summed E-state index contributed by atoms with van der Waals surface area (Å²) in [6.45, 7) is 2.20. The van der Waals surface area contributed by atoms with Gasteiger partial charge >= 0.3 is 0 Å². The van der Waals surface area contributed by atoms with Crippen LogP contribution >= 0.6 is 0 Å². The van der Waals surface area contributed by atoms with Crippen LogP contribution in [0.3, 0.4) is 0 Å². The predicted molar refractivity (Wildman–Crippen MR) is 53.9 cm³/mol. The van der Waals surface area contributed by atoms with Crippen molar-refractivity contribution in [3.05, 3.63) is 42.0 Å². The predicted octanol–water partition coefficient (Wildman–Crippen LogP) is 3.42. The Morgan fingerprint density at radius 1 is 1.07 bits per heavy atom. The van der Waals surface area contributed by atoms with E-state index in [1.165, 1.54) is 16.3 Å². The van der Waals surface area contributed by atoms with Crippen molar-refractivity contribution in [1.29, 1.82) is 0 Å². The van der Waals surface area contributed by atoms with Crippen LogP contribution in [0.4, 0.5) is 9.41 Å². The molecule has 0 saturated heterocycles. The average Bonchev–Trinajstić information content (AvgIpc) is 2.47. The topological polar surface area (TPSA) is 0 Å². The maximum atomic E-state index is 2.21. The van der Waals surface area contributed by atoms with Crippen molar-refractivity contribution in [2.45, 2.75) is 13.3 Å². The number of fused-ring (bicyclic) bond motifs is 1. The molecule has 2 aromatic rings. The van der Waals surface area contributed by atoms with E-state index in [0.717, 1.165) is 6.42 Å². The second-order valence-corrected chi connectivity index (χ2v) is 2.80. The molecule has 0 amide bonds. The molecule has 0 aliphatic heterocycles. The third kappa shape index (κ3) is 2.77. The molecule has 0 radical (unpaired) electrons. The molecule has 0 spiro atoms. The van der Waals surface area contributed by atoms with E-state index in [0.29, 0.717) is 0 Å². The number of benzene rings is 1. The standard InChI is InChI=1S/C11H11.2FH.Hf/c1-2-9-7-8-10-5-3-4-6-11(9)10;;;/h3-8H,2H2,1H3;2*1H;/q-1;;;. The van der Waals surface area contributed by atoms with Gasteiger partial charge in [0.15, 0.2) is 0 Å². The second kappa shape index (κ2) is 6.93. The Balaban J connectivity index is 0. The molecule has 0 unspecified atom stereocenters. The monoisotopic (exact) mass is 363 g/mol. The number of aryl methyl sites for hydroxylation is 1. The first-order valence-electron chi connectivity index (χ1n) is 4.05. The minimum atomic E-state index is 0. The van der Waals surface area contributed by atoms with Crippen LogP contribution in [0.25, 0.3) is 10.8 Å². The van der Waals surface area contributed by atoms with E-state index < -0.39 is 0 Å². The molecule has 0 N–H and O–H groups in total. The molecule has 0 fully saturated rings. The second-order valence-electron chi connectivity index (χ2n) is 2.80. The zero-order chi connectivity index (χ0) is 7.68. The van der Waals surface area contributed by atoms with Crippen LogP contribution in [0.15, 0.2) is 36.4 Å². The first-order chi connectivity index (χ1) is 5.42. The normalized spacial score (nSPS) is 8.36. The maximum Gasteiger partial charge on any atom is 0 e. The van der Waals surface area contributed by atoms with Gasteiger partial charge in [0, 0.05) is 25.8 Å². The maximum absolute atomic E-state index is 2.21. The Hall–Kier alpha value is -0.440.